The van der Waals surface area contributed by atoms with Gasteiger partial charge in [0.2, 0.25) is 0 Å². The minimum Gasteiger partial charge on any atom is -0.395 e. The van der Waals surface area contributed by atoms with Crippen molar-refractivity contribution in [1.82, 2.24) is 10.4 Å². The lowest BCUT2D eigenvalue weighted by molar-refractivity contribution is 0.0448. The van der Waals surface area contributed by atoms with Gasteiger partial charge in [0.05, 0.1) is 18.8 Å². The Kier molecular flexibility index (Phi) is 16.5. The summed E-state index contributed by atoms with van der Waals surface area (Å²) in [7, 11) is 0. The van der Waals surface area contributed by atoms with Crippen molar-refractivity contribution in [2.75, 3.05) is 26.2 Å². The molecule has 0 aliphatic heterocycles. The molecule has 0 bridgehead atoms. The molecule has 0 aliphatic rings. The highest BCUT2D eigenvalue weighted by Gasteiger charge is 2.12. The first-order chi connectivity index (χ1) is 11.1. The summed E-state index contributed by atoms with van der Waals surface area (Å²) in [4.78, 5) is 0. The van der Waals surface area contributed by atoms with E-state index in [0.717, 1.165) is 32.1 Å². The van der Waals surface area contributed by atoms with Gasteiger partial charge in [-0.15, -0.1) is 0 Å². The van der Waals surface area contributed by atoms with E-state index in [1.54, 1.807) is 0 Å². The van der Waals surface area contributed by atoms with Crippen LogP contribution in [0.15, 0.2) is 0 Å². The van der Waals surface area contributed by atoms with E-state index in [-0.39, 0.29) is 18.8 Å². The maximum Gasteiger partial charge on any atom is 0.0681 e. The van der Waals surface area contributed by atoms with Crippen molar-refractivity contribution in [2.45, 2.75) is 90.3 Å². The van der Waals surface area contributed by atoms with E-state index in [1.807, 2.05) is 5.01 Å². The van der Waals surface area contributed by atoms with Gasteiger partial charge in [0.25, 0.3) is 0 Å². The van der Waals surface area contributed by atoms with Crippen LogP contribution in [-0.2, 0) is 0 Å². The summed E-state index contributed by atoms with van der Waals surface area (Å²) in [6, 6.07) is 0. The third kappa shape index (κ3) is 15.1. The standard InChI is InChI=1S/C18H40N2O3/c1-3-5-7-9-11-17(22)15-19-20(13-14-21)16-18(23)12-10-8-6-4-2/h17-19,21-23H,3-16H2,1-2H3. The molecule has 2 atom stereocenters. The first kappa shape index (κ1) is 22.8. The zero-order valence-corrected chi connectivity index (χ0v) is 15.3. The molecule has 0 aromatic carbocycles. The number of aliphatic hydroxyl groups excluding tert-OH is 3. The van der Waals surface area contributed by atoms with Gasteiger partial charge in [-0.05, 0) is 12.8 Å². The van der Waals surface area contributed by atoms with Crippen LogP contribution in [0.3, 0.4) is 0 Å². The minimum atomic E-state index is -0.382. The van der Waals surface area contributed by atoms with Crippen molar-refractivity contribution in [3.8, 4) is 0 Å². The van der Waals surface area contributed by atoms with Gasteiger partial charge in [0.15, 0.2) is 0 Å². The molecule has 0 amide bonds. The fraction of sp³-hybridized carbons (Fsp3) is 1.00. The summed E-state index contributed by atoms with van der Waals surface area (Å²) in [6.07, 6.45) is 10.1. The summed E-state index contributed by atoms with van der Waals surface area (Å²) < 4.78 is 0. The number of nitrogens with zero attached hydrogens (tertiary/aromatic N) is 1. The molecule has 0 aromatic rings. The number of rotatable bonds is 17. The number of aliphatic hydroxyl groups is 3. The lowest BCUT2D eigenvalue weighted by atomic mass is 10.1. The second kappa shape index (κ2) is 16.7. The van der Waals surface area contributed by atoms with Crippen LogP contribution in [0.2, 0.25) is 0 Å². The second-order valence-corrected chi connectivity index (χ2v) is 6.54. The van der Waals surface area contributed by atoms with E-state index in [0.29, 0.717) is 19.6 Å². The van der Waals surface area contributed by atoms with E-state index >= 15 is 0 Å². The normalized spacial score (nSPS) is 14.3. The molecule has 0 aromatic heterocycles. The molecule has 0 spiro atoms. The molecular formula is C18H40N2O3. The quantitative estimate of drug-likeness (QED) is 0.243. The van der Waals surface area contributed by atoms with Crippen LogP contribution in [0.25, 0.3) is 0 Å². The van der Waals surface area contributed by atoms with E-state index in [2.05, 4.69) is 19.3 Å². The van der Waals surface area contributed by atoms with Crippen LogP contribution in [0.4, 0.5) is 0 Å². The highest BCUT2D eigenvalue weighted by molar-refractivity contribution is 4.65. The maximum absolute atomic E-state index is 10.1. The first-order valence-electron chi connectivity index (χ1n) is 9.59. The Balaban J connectivity index is 3.86. The number of hydrogen-bond donors (Lipinski definition) is 4. The van der Waals surface area contributed by atoms with Crippen molar-refractivity contribution in [3.05, 3.63) is 0 Å². The third-order valence-corrected chi connectivity index (χ3v) is 4.13. The topological polar surface area (TPSA) is 76.0 Å². The Bertz CT molecular complexity index is 242. The minimum absolute atomic E-state index is 0.0438. The van der Waals surface area contributed by atoms with Crippen molar-refractivity contribution in [2.24, 2.45) is 0 Å². The van der Waals surface area contributed by atoms with E-state index in [9.17, 15) is 10.2 Å². The van der Waals surface area contributed by atoms with Crippen molar-refractivity contribution >= 4 is 0 Å². The lowest BCUT2D eigenvalue weighted by Crippen LogP contribution is -2.47. The van der Waals surface area contributed by atoms with Crippen LogP contribution in [0.5, 0.6) is 0 Å². The fourth-order valence-corrected chi connectivity index (χ4v) is 2.65. The largest absolute Gasteiger partial charge is 0.395 e. The molecule has 0 saturated heterocycles. The Morgan fingerprint density at radius 2 is 1.39 bits per heavy atom. The van der Waals surface area contributed by atoms with Crippen molar-refractivity contribution in [3.63, 3.8) is 0 Å². The predicted octanol–water partition coefficient (Wildman–Crippen LogP) is 2.45. The van der Waals surface area contributed by atoms with Gasteiger partial charge in [0, 0.05) is 19.6 Å². The molecule has 2 unspecified atom stereocenters. The number of unbranched alkanes of at least 4 members (excludes halogenated alkanes) is 6. The summed E-state index contributed by atoms with van der Waals surface area (Å²) in [6.45, 7) is 5.84. The van der Waals surface area contributed by atoms with Crippen molar-refractivity contribution < 1.29 is 15.3 Å². The van der Waals surface area contributed by atoms with E-state index < -0.39 is 0 Å². The van der Waals surface area contributed by atoms with Crippen molar-refractivity contribution in [1.29, 1.82) is 0 Å². The fourth-order valence-electron chi connectivity index (χ4n) is 2.65. The monoisotopic (exact) mass is 332 g/mol. The number of hydrogen-bond acceptors (Lipinski definition) is 5. The molecule has 0 fully saturated rings. The maximum atomic E-state index is 10.1. The molecule has 0 aliphatic carbocycles. The summed E-state index contributed by atoms with van der Waals surface area (Å²) in [5.41, 5.74) is 3.16. The Morgan fingerprint density at radius 1 is 0.826 bits per heavy atom. The third-order valence-electron chi connectivity index (χ3n) is 4.13. The van der Waals surface area contributed by atoms with E-state index in [4.69, 9.17) is 5.11 Å². The molecule has 5 heteroatoms. The van der Waals surface area contributed by atoms with Gasteiger partial charge < -0.3 is 15.3 Å². The Labute approximate surface area is 143 Å². The molecule has 0 radical (unpaired) electrons. The van der Waals surface area contributed by atoms with E-state index in [1.165, 1.54) is 32.1 Å². The zero-order chi connectivity index (χ0) is 17.3. The first-order valence-corrected chi connectivity index (χ1v) is 9.59. The SMILES string of the molecule is CCCCCCC(O)CNN(CCO)CC(O)CCCCCC. The van der Waals surface area contributed by atoms with Gasteiger partial charge in [-0.3, -0.25) is 5.43 Å². The van der Waals surface area contributed by atoms with Gasteiger partial charge in [0.1, 0.15) is 0 Å². The molecular weight excluding hydrogens is 292 g/mol. The molecule has 0 saturated carbocycles. The predicted molar refractivity (Wildman–Crippen MR) is 96.2 cm³/mol. The molecule has 5 nitrogen and oxygen atoms in total. The molecule has 23 heavy (non-hydrogen) atoms. The Morgan fingerprint density at radius 3 is 1.91 bits per heavy atom. The summed E-state index contributed by atoms with van der Waals surface area (Å²) in [5.74, 6) is 0. The number of nitrogens with one attached hydrogen (secondary N) is 1. The van der Waals surface area contributed by atoms with Crippen LogP contribution in [0.1, 0.15) is 78.1 Å². The summed E-state index contributed by atoms with van der Waals surface area (Å²) >= 11 is 0. The van der Waals surface area contributed by atoms with Gasteiger partial charge >= 0.3 is 0 Å². The average Bonchev–Trinajstić information content (AvgIpc) is 2.53. The molecule has 0 rings (SSSR count). The van der Waals surface area contributed by atoms with Crippen LogP contribution < -0.4 is 5.43 Å². The molecule has 4 N–H and O–H groups in total. The van der Waals surface area contributed by atoms with Crippen LogP contribution in [-0.4, -0.2) is 58.8 Å². The van der Waals surface area contributed by atoms with Gasteiger partial charge in [-0.1, -0.05) is 65.2 Å². The smallest absolute Gasteiger partial charge is 0.0681 e. The zero-order valence-electron chi connectivity index (χ0n) is 15.3. The highest BCUT2D eigenvalue weighted by Crippen LogP contribution is 2.07. The Hall–Kier alpha value is -0.200. The molecule has 140 valence electrons. The van der Waals surface area contributed by atoms with Crippen LogP contribution >= 0.6 is 0 Å². The lowest BCUT2D eigenvalue weighted by Gasteiger charge is -2.26. The molecule has 0 heterocycles. The van der Waals surface area contributed by atoms with Gasteiger partial charge in [-0.25, -0.2) is 5.01 Å². The highest BCUT2D eigenvalue weighted by atomic mass is 16.3. The van der Waals surface area contributed by atoms with Gasteiger partial charge in [-0.2, -0.15) is 0 Å². The van der Waals surface area contributed by atoms with Crippen LogP contribution in [0, 0.1) is 0 Å². The average molecular weight is 333 g/mol. The number of hydrazine groups is 1. The second-order valence-electron chi connectivity index (χ2n) is 6.54. The summed E-state index contributed by atoms with van der Waals surface area (Å²) in [5, 5.41) is 31.0.